The molecular weight excluding hydrogens is 265 g/mol. The van der Waals surface area contributed by atoms with Crippen molar-refractivity contribution < 1.29 is 14.3 Å². The first-order valence-corrected chi connectivity index (χ1v) is 7.55. The molecule has 1 rings (SSSR count). The zero-order valence-corrected chi connectivity index (χ0v) is 12.2. The molecule has 0 radical (unpaired) electrons. The Morgan fingerprint density at radius 2 is 2.00 bits per heavy atom. The van der Waals surface area contributed by atoms with Gasteiger partial charge < -0.3 is 10.4 Å². The van der Waals surface area contributed by atoms with E-state index in [1.165, 1.54) is 36.0 Å². The Bertz CT molecular complexity index is 406. The van der Waals surface area contributed by atoms with E-state index in [4.69, 9.17) is 0 Å². The summed E-state index contributed by atoms with van der Waals surface area (Å²) in [7, 11) is 0. The molecule has 3 atom stereocenters. The highest BCUT2D eigenvalue weighted by Crippen LogP contribution is 2.18. The van der Waals surface area contributed by atoms with Crippen LogP contribution in [0.15, 0.2) is 24.3 Å². The van der Waals surface area contributed by atoms with Crippen molar-refractivity contribution in [2.45, 2.75) is 37.7 Å². The van der Waals surface area contributed by atoms with E-state index in [-0.39, 0.29) is 17.0 Å². The minimum Gasteiger partial charge on any atom is -0.386 e. The molecule has 0 fully saturated rings. The van der Waals surface area contributed by atoms with Crippen LogP contribution in [0, 0.1) is 5.82 Å². The van der Waals surface area contributed by atoms with E-state index in [0.717, 1.165) is 6.42 Å². The fraction of sp³-hybridized carbons (Fsp3) is 0.500. The van der Waals surface area contributed by atoms with Crippen LogP contribution in [-0.2, 0) is 4.79 Å². The molecule has 3 nitrogen and oxygen atoms in total. The summed E-state index contributed by atoms with van der Waals surface area (Å²) in [5, 5.41) is 12.8. The molecule has 3 unspecified atom stereocenters. The molecule has 0 heterocycles. The summed E-state index contributed by atoms with van der Waals surface area (Å²) in [5.41, 5.74) is 0.589. The van der Waals surface area contributed by atoms with Gasteiger partial charge in [-0.3, -0.25) is 4.79 Å². The highest BCUT2D eigenvalue weighted by molar-refractivity contribution is 7.99. The summed E-state index contributed by atoms with van der Waals surface area (Å²) in [5.74, 6) is -0.426. The largest absolute Gasteiger partial charge is 0.386 e. The Hall–Kier alpha value is -1.07. The molecule has 0 saturated heterocycles. The average Bonchev–Trinajstić information content (AvgIpc) is 2.40. The predicted molar refractivity (Wildman–Crippen MR) is 76.6 cm³/mol. The molecule has 0 spiro atoms. The number of thioether (sulfide) groups is 1. The van der Waals surface area contributed by atoms with Gasteiger partial charge in [0.25, 0.3) is 0 Å². The first-order chi connectivity index (χ1) is 8.99. The van der Waals surface area contributed by atoms with Crippen molar-refractivity contribution in [3.05, 3.63) is 35.6 Å². The fourth-order valence-electron chi connectivity index (χ4n) is 1.80. The van der Waals surface area contributed by atoms with Crippen molar-refractivity contribution in [1.82, 2.24) is 5.32 Å². The van der Waals surface area contributed by atoms with Gasteiger partial charge in [0.15, 0.2) is 0 Å². The lowest BCUT2D eigenvalue weighted by Gasteiger charge is -2.22. The van der Waals surface area contributed by atoms with Crippen LogP contribution in [0.25, 0.3) is 0 Å². The van der Waals surface area contributed by atoms with Crippen LogP contribution >= 0.6 is 11.8 Å². The van der Waals surface area contributed by atoms with Crippen molar-refractivity contribution in [3.63, 3.8) is 0 Å². The summed E-state index contributed by atoms with van der Waals surface area (Å²) in [6.45, 7) is 3.68. The van der Waals surface area contributed by atoms with Gasteiger partial charge in [-0.2, -0.15) is 11.8 Å². The molecule has 5 heteroatoms. The van der Waals surface area contributed by atoms with Gasteiger partial charge in [-0.1, -0.05) is 19.1 Å². The van der Waals surface area contributed by atoms with Gasteiger partial charge in [0.2, 0.25) is 5.91 Å². The third-order valence-corrected chi connectivity index (χ3v) is 4.12. The normalized spacial score (nSPS) is 15.6. The smallest absolute Gasteiger partial charge is 0.233 e. The Balaban J connectivity index is 2.64. The maximum absolute atomic E-state index is 12.8. The number of nitrogens with one attached hydrogen (secondary N) is 1. The molecule has 106 valence electrons. The van der Waals surface area contributed by atoms with E-state index >= 15 is 0 Å². The number of halogens is 1. The first-order valence-electron chi connectivity index (χ1n) is 6.26. The van der Waals surface area contributed by atoms with Crippen molar-refractivity contribution in [1.29, 1.82) is 0 Å². The monoisotopic (exact) mass is 285 g/mol. The lowest BCUT2D eigenvalue weighted by atomic mass is 10.0. The number of hydrogen-bond acceptors (Lipinski definition) is 3. The second kappa shape index (κ2) is 7.50. The lowest BCUT2D eigenvalue weighted by molar-refractivity contribution is -0.122. The van der Waals surface area contributed by atoms with Crippen molar-refractivity contribution >= 4 is 17.7 Å². The minimum absolute atomic E-state index is 0.0799. The van der Waals surface area contributed by atoms with Crippen LogP contribution < -0.4 is 5.32 Å². The number of rotatable bonds is 6. The molecule has 1 amide bonds. The van der Waals surface area contributed by atoms with Crippen LogP contribution in [0.1, 0.15) is 31.9 Å². The first kappa shape index (κ1) is 16.0. The van der Waals surface area contributed by atoms with Gasteiger partial charge in [0.1, 0.15) is 5.82 Å². The molecule has 0 saturated carbocycles. The molecule has 2 N–H and O–H groups in total. The number of carbonyl (C=O) groups excluding carboxylic acids is 1. The van der Waals surface area contributed by atoms with E-state index in [2.05, 4.69) is 5.32 Å². The average molecular weight is 285 g/mol. The topological polar surface area (TPSA) is 49.3 Å². The third-order valence-electron chi connectivity index (χ3n) is 3.00. The second-order valence-electron chi connectivity index (χ2n) is 4.43. The molecule has 0 aliphatic carbocycles. The van der Waals surface area contributed by atoms with Crippen molar-refractivity contribution in [2.75, 3.05) is 6.26 Å². The van der Waals surface area contributed by atoms with E-state index in [1.54, 1.807) is 6.92 Å². The minimum atomic E-state index is -0.844. The Labute approximate surface area is 117 Å². The fourth-order valence-corrected chi connectivity index (χ4v) is 2.42. The number of aliphatic hydroxyl groups is 1. The number of benzene rings is 1. The molecule has 0 aliphatic rings. The van der Waals surface area contributed by atoms with Crippen molar-refractivity contribution in [2.24, 2.45) is 0 Å². The second-order valence-corrected chi connectivity index (χ2v) is 5.47. The maximum Gasteiger partial charge on any atom is 0.233 e. The number of hydrogen-bond donors (Lipinski definition) is 2. The van der Waals surface area contributed by atoms with Gasteiger partial charge in [-0.05, 0) is 37.3 Å². The molecule has 1 aromatic carbocycles. The van der Waals surface area contributed by atoms with Gasteiger partial charge >= 0.3 is 0 Å². The summed E-state index contributed by atoms with van der Waals surface area (Å²) in [6.07, 6.45) is 1.78. The van der Waals surface area contributed by atoms with Crippen LogP contribution in [0.2, 0.25) is 0 Å². The lowest BCUT2D eigenvalue weighted by Crippen LogP contribution is -2.41. The van der Waals surface area contributed by atoms with Crippen LogP contribution in [0.5, 0.6) is 0 Å². The SMILES string of the molecule is CCC(SC)C(=O)NC(C)C(O)c1ccc(F)cc1. The maximum atomic E-state index is 12.8. The summed E-state index contributed by atoms with van der Waals surface area (Å²) < 4.78 is 12.8. The third kappa shape index (κ3) is 4.51. The van der Waals surface area contributed by atoms with Crippen molar-refractivity contribution in [3.8, 4) is 0 Å². The number of amides is 1. The standard InChI is InChI=1S/C14H20FNO2S/c1-4-12(19-3)14(18)16-9(2)13(17)10-5-7-11(15)8-6-10/h5-9,12-13,17H,4H2,1-3H3,(H,16,18). The highest BCUT2D eigenvalue weighted by atomic mass is 32.2. The zero-order chi connectivity index (χ0) is 14.4. The van der Waals surface area contributed by atoms with E-state index in [0.29, 0.717) is 5.56 Å². The molecular formula is C14H20FNO2S. The summed E-state index contributed by atoms with van der Waals surface area (Å²) in [6, 6.07) is 5.22. The van der Waals surface area contributed by atoms with Crippen LogP contribution in [-0.4, -0.2) is 28.6 Å². The highest BCUT2D eigenvalue weighted by Gasteiger charge is 2.22. The zero-order valence-electron chi connectivity index (χ0n) is 11.4. The van der Waals surface area contributed by atoms with Gasteiger partial charge in [0.05, 0.1) is 17.4 Å². The quantitative estimate of drug-likeness (QED) is 0.844. The molecule has 0 aliphatic heterocycles. The number of aliphatic hydroxyl groups excluding tert-OH is 1. The molecule has 19 heavy (non-hydrogen) atoms. The Kier molecular flexibility index (Phi) is 6.31. The van der Waals surface area contributed by atoms with Crippen LogP contribution in [0.3, 0.4) is 0 Å². The predicted octanol–water partition coefficient (Wildman–Crippen LogP) is 2.51. The molecule has 0 aromatic heterocycles. The molecule has 1 aromatic rings. The Morgan fingerprint density at radius 1 is 1.42 bits per heavy atom. The van der Waals surface area contributed by atoms with E-state index in [9.17, 15) is 14.3 Å². The van der Waals surface area contributed by atoms with Crippen LogP contribution in [0.4, 0.5) is 4.39 Å². The Morgan fingerprint density at radius 3 is 2.47 bits per heavy atom. The van der Waals surface area contributed by atoms with E-state index < -0.39 is 12.1 Å². The van der Waals surface area contributed by atoms with Gasteiger partial charge in [-0.15, -0.1) is 0 Å². The molecule has 0 bridgehead atoms. The summed E-state index contributed by atoms with van der Waals surface area (Å²) >= 11 is 1.49. The van der Waals surface area contributed by atoms with Gasteiger partial charge in [-0.25, -0.2) is 4.39 Å². The van der Waals surface area contributed by atoms with Gasteiger partial charge in [0, 0.05) is 0 Å². The van der Waals surface area contributed by atoms with E-state index in [1.807, 2.05) is 13.2 Å². The summed E-state index contributed by atoms with van der Waals surface area (Å²) in [4.78, 5) is 11.9. The number of carbonyl (C=O) groups is 1.